The average Bonchev–Trinajstić information content (AvgIpc) is 2.63. The third kappa shape index (κ3) is 3.21. The maximum atomic E-state index is 12.5. The monoisotopic (exact) mass is 352 g/mol. The van der Waals surface area contributed by atoms with Gasteiger partial charge in [0.15, 0.2) is 0 Å². The number of hydrogen-bond donors (Lipinski definition) is 0. The Labute approximate surface area is 110 Å². The Morgan fingerprint density at radius 1 is 1.24 bits per heavy atom. The zero-order valence-corrected chi connectivity index (χ0v) is 10.7. The molecule has 0 spiro atoms. The van der Waals surface area contributed by atoms with E-state index in [9.17, 15) is 13.2 Å². The zero-order valence-electron chi connectivity index (χ0n) is 8.58. The fourth-order valence-electron chi connectivity index (χ4n) is 1.46. The predicted molar refractivity (Wildman–Crippen MR) is 65.5 cm³/mol. The third-order valence-corrected chi connectivity index (χ3v) is 2.78. The number of benzene rings is 1. The summed E-state index contributed by atoms with van der Waals surface area (Å²) in [7, 11) is 0. The predicted octanol–water partition coefficient (Wildman–Crippen LogP) is 3.55. The van der Waals surface area contributed by atoms with Crippen LogP contribution < -0.4 is 0 Å². The molecule has 1 aromatic heterocycles. The first kappa shape index (κ1) is 12.4. The first-order valence-corrected chi connectivity index (χ1v) is 5.88. The second-order valence-electron chi connectivity index (χ2n) is 3.53. The molecule has 0 radical (unpaired) electrons. The smallest absolute Gasteiger partial charge is 0.267 e. The lowest BCUT2D eigenvalue weighted by Gasteiger charge is -2.08. The third-order valence-electron chi connectivity index (χ3n) is 2.21. The van der Waals surface area contributed by atoms with E-state index in [4.69, 9.17) is 0 Å². The quantitative estimate of drug-likeness (QED) is 0.756. The minimum Gasteiger partial charge on any atom is -0.267 e. The van der Waals surface area contributed by atoms with Crippen molar-refractivity contribution in [2.24, 2.45) is 0 Å². The van der Waals surface area contributed by atoms with Gasteiger partial charge in [0, 0.05) is 6.20 Å². The number of halogens is 4. The van der Waals surface area contributed by atoms with E-state index in [0.717, 1.165) is 15.8 Å². The van der Waals surface area contributed by atoms with Gasteiger partial charge in [-0.15, -0.1) is 0 Å². The van der Waals surface area contributed by atoms with Crippen molar-refractivity contribution >= 4 is 22.6 Å². The van der Waals surface area contributed by atoms with E-state index in [0.29, 0.717) is 12.1 Å². The summed E-state index contributed by atoms with van der Waals surface area (Å²) in [5.41, 5.74) is -0.0452. The Kier molecular flexibility index (Phi) is 3.41. The van der Waals surface area contributed by atoms with Crippen LogP contribution in [0.15, 0.2) is 36.5 Å². The van der Waals surface area contributed by atoms with Crippen LogP contribution in [0, 0.1) is 3.70 Å². The van der Waals surface area contributed by atoms with Crippen molar-refractivity contribution in [1.82, 2.24) is 9.78 Å². The van der Waals surface area contributed by atoms with Gasteiger partial charge in [0.05, 0.1) is 12.1 Å². The zero-order chi connectivity index (χ0) is 12.5. The minimum absolute atomic E-state index is 0.340. The van der Waals surface area contributed by atoms with Gasteiger partial charge in [0.25, 0.3) is 0 Å². The Hall–Kier alpha value is -1.05. The Morgan fingerprint density at radius 2 is 2.00 bits per heavy atom. The summed E-state index contributed by atoms with van der Waals surface area (Å²) in [4.78, 5) is 0. The van der Waals surface area contributed by atoms with E-state index in [1.54, 1.807) is 23.0 Å². The van der Waals surface area contributed by atoms with Crippen LogP contribution in [-0.2, 0) is 12.7 Å². The summed E-state index contributed by atoms with van der Waals surface area (Å²) in [6.45, 7) is 0.340. The molecule has 0 aliphatic carbocycles. The Morgan fingerprint density at radius 3 is 2.59 bits per heavy atom. The van der Waals surface area contributed by atoms with Crippen LogP contribution in [0.25, 0.3) is 0 Å². The first-order chi connectivity index (χ1) is 7.95. The summed E-state index contributed by atoms with van der Waals surface area (Å²) in [6.07, 6.45) is -2.56. The van der Waals surface area contributed by atoms with Crippen LogP contribution in [0.5, 0.6) is 0 Å². The summed E-state index contributed by atoms with van der Waals surface area (Å²) >= 11 is 2.05. The normalized spacial score (nSPS) is 11.8. The van der Waals surface area contributed by atoms with E-state index >= 15 is 0 Å². The second kappa shape index (κ2) is 4.67. The standard InChI is InChI=1S/C11H8F3IN2/c12-11(13,14)9-3-1-2-8(6-9)7-17-5-4-10(15)16-17/h1-6H,7H2. The molecule has 2 rings (SSSR count). The molecule has 0 saturated carbocycles. The minimum atomic E-state index is -4.30. The summed E-state index contributed by atoms with van der Waals surface area (Å²) in [5.74, 6) is 0. The van der Waals surface area contributed by atoms with Crippen molar-refractivity contribution in [1.29, 1.82) is 0 Å². The van der Waals surface area contributed by atoms with Crippen molar-refractivity contribution in [2.75, 3.05) is 0 Å². The molecule has 2 aromatic rings. The molecular formula is C11H8F3IN2. The van der Waals surface area contributed by atoms with Crippen molar-refractivity contribution in [3.63, 3.8) is 0 Å². The van der Waals surface area contributed by atoms with Crippen molar-refractivity contribution in [3.8, 4) is 0 Å². The fraction of sp³-hybridized carbons (Fsp3) is 0.182. The molecule has 0 saturated heterocycles. The van der Waals surface area contributed by atoms with Crippen molar-refractivity contribution < 1.29 is 13.2 Å². The molecule has 0 amide bonds. The number of aromatic nitrogens is 2. The molecule has 6 heteroatoms. The van der Waals surface area contributed by atoms with E-state index in [-0.39, 0.29) is 0 Å². The molecule has 2 nitrogen and oxygen atoms in total. The number of nitrogens with zero attached hydrogens (tertiary/aromatic N) is 2. The highest BCUT2D eigenvalue weighted by atomic mass is 127. The molecule has 90 valence electrons. The van der Waals surface area contributed by atoms with Gasteiger partial charge in [-0.2, -0.15) is 18.3 Å². The molecule has 0 fully saturated rings. The molecule has 1 aromatic carbocycles. The SMILES string of the molecule is FC(F)(F)c1cccc(Cn2ccc(I)n2)c1. The first-order valence-electron chi connectivity index (χ1n) is 4.80. The van der Waals surface area contributed by atoms with E-state index in [2.05, 4.69) is 27.7 Å². The van der Waals surface area contributed by atoms with Crippen molar-refractivity contribution in [2.45, 2.75) is 12.7 Å². The lowest BCUT2D eigenvalue weighted by molar-refractivity contribution is -0.137. The summed E-state index contributed by atoms with van der Waals surface area (Å²) in [6, 6.07) is 7.08. The van der Waals surface area contributed by atoms with Crippen LogP contribution in [0.3, 0.4) is 0 Å². The lowest BCUT2D eigenvalue weighted by Crippen LogP contribution is -2.07. The van der Waals surface area contributed by atoms with Gasteiger partial charge in [0.2, 0.25) is 0 Å². The summed E-state index contributed by atoms with van der Waals surface area (Å²) < 4.78 is 39.9. The Balaban J connectivity index is 2.22. The Bertz CT molecular complexity index is 519. The van der Waals surface area contributed by atoms with E-state index in [1.165, 1.54) is 6.07 Å². The molecule has 0 N–H and O–H groups in total. The fourth-order valence-corrected chi connectivity index (χ4v) is 1.90. The van der Waals surface area contributed by atoms with Gasteiger partial charge in [-0.3, -0.25) is 4.68 Å². The maximum Gasteiger partial charge on any atom is 0.416 e. The second-order valence-corrected chi connectivity index (χ2v) is 4.64. The number of hydrogen-bond acceptors (Lipinski definition) is 1. The molecule has 0 aliphatic heterocycles. The van der Waals surface area contributed by atoms with Crippen LogP contribution >= 0.6 is 22.6 Å². The van der Waals surface area contributed by atoms with Gasteiger partial charge in [-0.05, 0) is 46.4 Å². The number of alkyl halides is 3. The molecule has 0 atom stereocenters. The van der Waals surface area contributed by atoms with E-state index < -0.39 is 11.7 Å². The van der Waals surface area contributed by atoms with Gasteiger partial charge < -0.3 is 0 Å². The van der Waals surface area contributed by atoms with Crippen LogP contribution in [0.4, 0.5) is 13.2 Å². The molecule has 1 heterocycles. The van der Waals surface area contributed by atoms with Crippen LogP contribution in [0.2, 0.25) is 0 Å². The van der Waals surface area contributed by atoms with Crippen LogP contribution in [0.1, 0.15) is 11.1 Å². The highest BCUT2D eigenvalue weighted by Crippen LogP contribution is 2.29. The van der Waals surface area contributed by atoms with Gasteiger partial charge in [-0.1, -0.05) is 12.1 Å². The molecule has 0 bridgehead atoms. The van der Waals surface area contributed by atoms with Gasteiger partial charge in [-0.25, -0.2) is 0 Å². The molecule has 0 unspecified atom stereocenters. The summed E-state index contributed by atoms with van der Waals surface area (Å²) in [5, 5.41) is 4.12. The lowest BCUT2D eigenvalue weighted by atomic mass is 10.1. The molecular weight excluding hydrogens is 344 g/mol. The highest BCUT2D eigenvalue weighted by molar-refractivity contribution is 14.1. The average molecular weight is 352 g/mol. The number of rotatable bonds is 2. The largest absolute Gasteiger partial charge is 0.416 e. The molecule has 0 aliphatic rings. The van der Waals surface area contributed by atoms with Gasteiger partial charge in [0.1, 0.15) is 3.70 Å². The molecule has 17 heavy (non-hydrogen) atoms. The highest BCUT2D eigenvalue weighted by Gasteiger charge is 2.30. The van der Waals surface area contributed by atoms with Gasteiger partial charge >= 0.3 is 6.18 Å². The van der Waals surface area contributed by atoms with E-state index in [1.807, 2.05) is 0 Å². The topological polar surface area (TPSA) is 17.8 Å². The maximum absolute atomic E-state index is 12.5. The van der Waals surface area contributed by atoms with Crippen molar-refractivity contribution in [3.05, 3.63) is 51.4 Å². The van der Waals surface area contributed by atoms with Crippen LogP contribution in [-0.4, -0.2) is 9.78 Å².